The van der Waals surface area contributed by atoms with Gasteiger partial charge in [-0.15, -0.1) is 0 Å². The van der Waals surface area contributed by atoms with Crippen LogP contribution in [0.5, 0.6) is 0 Å². The van der Waals surface area contributed by atoms with Crippen LogP contribution < -0.4 is 0 Å². The van der Waals surface area contributed by atoms with Gasteiger partial charge in [0.2, 0.25) is 0 Å². The van der Waals surface area contributed by atoms with Crippen LogP contribution in [0, 0.1) is 12.8 Å². The molecule has 1 aromatic rings. The zero-order valence-corrected chi connectivity index (χ0v) is 14.8. The summed E-state index contributed by atoms with van der Waals surface area (Å²) < 4.78 is 5.49. The van der Waals surface area contributed by atoms with Gasteiger partial charge in [0.05, 0.1) is 0 Å². The highest BCUT2D eigenvalue weighted by atomic mass is 79.9. The smallest absolute Gasteiger partial charge is 0.410 e. The predicted octanol–water partition coefficient (Wildman–Crippen LogP) is 4.34. The van der Waals surface area contributed by atoms with Gasteiger partial charge in [-0.25, -0.2) is 4.79 Å². The van der Waals surface area contributed by atoms with E-state index in [2.05, 4.69) is 47.1 Å². The number of hydrogen-bond donors (Lipinski definition) is 0. The van der Waals surface area contributed by atoms with Crippen molar-refractivity contribution in [3.05, 3.63) is 35.4 Å². The molecule has 1 aliphatic heterocycles. The molecule has 0 aliphatic carbocycles. The van der Waals surface area contributed by atoms with E-state index in [9.17, 15) is 4.79 Å². The van der Waals surface area contributed by atoms with Gasteiger partial charge in [-0.3, -0.25) is 0 Å². The average Bonchev–Trinajstić information content (AvgIpc) is 2.81. The highest BCUT2D eigenvalue weighted by Crippen LogP contribution is 2.34. The van der Waals surface area contributed by atoms with E-state index in [4.69, 9.17) is 4.74 Å². The summed E-state index contributed by atoms with van der Waals surface area (Å²) in [6, 6.07) is 8.57. The quantitative estimate of drug-likeness (QED) is 0.740. The molecular formula is C17H24BrNO2. The standard InChI is InChI=1S/C17H24BrNO2/c1-12-6-5-7-13(8-12)15-11-19(10-14(15)9-18)16(20)21-17(2,3)4/h5-8,14-15H,9-11H2,1-4H3/t14-,15+/m0/s1. The number of carbonyl (C=O) groups is 1. The van der Waals surface area contributed by atoms with Gasteiger partial charge >= 0.3 is 6.09 Å². The SMILES string of the molecule is Cc1cccc([C@H]2CN(C(=O)OC(C)(C)C)C[C@@H]2CBr)c1. The largest absolute Gasteiger partial charge is 0.444 e. The Hall–Kier alpha value is -1.03. The Morgan fingerprint density at radius 1 is 1.38 bits per heavy atom. The molecular weight excluding hydrogens is 330 g/mol. The first kappa shape index (κ1) is 16.3. The maximum Gasteiger partial charge on any atom is 0.410 e. The van der Waals surface area contributed by atoms with Crippen LogP contribution in [-0.2, 0) is 4.74 Å². The monoisotopic (exact) mass is 353 g/mol. The Morgan fingerprint density at radius 3 is 2.67 bits per heavy atom. The lowest BCUT2D eigenvalue weighted by Gasteiger charge is -2.24. The van der Waals surface area contributed by atoms with E-state index < -0.39 is 5.60 Å². The van der Waals surface area contributed by atoms with Crippen molar-refractivity contribution in [2.75, 3.05) is 18.4 Å². The van der Waals surface area contributed by atoms with E-state index in [-0.39, 0.29) is 6.09 Å². The van der Waals surface area contributed by atoms with Crippen molar-refractivity contribution < 1.29 is 9.53 Å². The van der Waals surface area contributed by atoms with Gasteiger partial charge in [-0.2, -0.15) is 0 Å². The predicted molar refractivity (Wildman–Crippen MR) is 89.0 cm³/mol. The van der Waals surface area contributed by atoms with Crippen molar-refractivity contribution in [2.45, 2.75) is 39.2 Å². The van der Waals surface area contributed by atoms with Crippen LogP contribution >= 0.6 is 15.9 Å². The van der Waals surface area contributed by atoms with Gasteiger partial charge in [-0.05, 0) is 39.2 Å². The maximum atomic E-state index is 12.3. The fourth-order valence-corrected chi connectivity index (χ4v) is 3.44. The van der Waals surface area contributed by atoms with Crippen LogP contribution in [0.4, 0.5) is 4.79 Å². The van der Waals surface area contributed by atoms with Crippen LogP contribution in [-0.4, -0.2) is 35.0 Å². The first-order valence-electron chi connectivity index (χ1n) is 7.40. The Labute approximate surface area is 135 Å². The molecule has 1 heterocycles. The van der Waals surface area contributed by atoms with E-state index >= 15 is 0 Å². The van der Waals surface area contributed by atoms with Crippen molar-refractivity contribution in [1.29, 1.82) is 0 Å². The summed E-state index contributed by atoms with van der Waals surface area (Å²) in [5.74, 6) is 0.802. The summed E-state index contributed by atoms with van der Waals surface area (Å²) in [7, 11) is 0. The summed E-state index contributed by atoms with van der Waals surface area (Å²) in [5, 5.41) is 0.894. The highest BCUT2D eigenvalue weighted by molar-refractivity contribution is 9.09. The molecule has 21 heavy (non-hydrogen) atoms. The van der Waals surface area contributed by atoms with Crippen molar-refractivity contribution in [1.82, 2.24) is 4.90 Å². The van der Waals surface area contributed by atoms with Gasteiger partial charge in [0.1, 0.15) is 5.60 Å². The summed E-state index contributed by atoms with van der Waals surface area (Å²) in [6.07, 6.45) is -0.205. The molecule has 1 amide bonds. The number of carbonyl (C=O) groups excluding carboxylic acids is 1. The van der Waals surface area contributed by atoms with Gasteiger partial charge in [0.25, 0.3) is 0 Å². The molecule has 1 aliphatic rings. The molecule has 2 atom stereocenters. The van der Waals surface area contributed by atoms with E-state index in [0.717, 1.165) is 18.4 Å². The second kappa shape index (κ2) is 6.39. The third-order valence-corrected chi connectivity index (χ3v) is 4.59. The first-order chi connectivity index (χ1) is 9.80. The Kier molecular flexibility index (Phi) is 4.97. The fourth-order valence-electron chi connectivity index (χ4n) is 2.78. The molecule has 1 fully saturated rings. The van der Waals surface area contributed by atoms with Crippen LogP contribution in [0.25, 0.3) is 0 Å². The zero-order valence-electron chi connectivity index (χ0n) is 13.2. The molecule has 1 saturated heterocycles. The van der Waals surface area contributed by atoms with E-state index in [0.29, 0.717) is 11.8 Å². The highest BCUT2D eigenvalue weighted by Gasteiger charge is 2.37. The molecule has 0 unspecified atom stereocenters. The lowest BCUT2D eigenvalue weighted by Crippen LogP contribution is -2.35. The van der Waals surface area contributed by atoms with Crippen molar-refractivity contribution in [2.24, 2.45) is 5.92 Å². The Balaban J connectivity index is 2.12. The molecule has 0 aromatic heterocycles. The lowest BCUT2D eigenvalue weighted by atomic mass is 9.89. The number of likely N-dealkylation sites (tertiary alicyclic amines) is 1. The van der Waals surface area contributed by atoms with Crippen LogP contribution in [0.3, 0.4) is 0 Å². The van der Waals surface area contributed by atoms with Crippen molar-refractivity contribution in [3.8, 4) is 0 Å². The summed E-state index contributed by atoms with van der Waals surface area (Å²) in [4.78, 5) is 14.1. The minimum absolute atomic E-state index is 0.205. The number of hydrogen-bond acceptors (Lipinski definition) is 2. The number of alkyl halides is 1. The molecule has 0 bridgehead atoms. The molecule has 116 valence electrons. The minimum Gasteiger partial charge on any atom is -0.444 e. The number of benzene rings is 1. The van der Waals surface area contributed by atoms with Gasteiger partial charge in [-0.1, -0.05) is 45.8 Å². The van der Waals surface area contributed by atoms with Crippen molar-refractivity contribution in [3.63, 3.8) is 0 Å². The molecule has 0 saturated carbocycles. The topological polar surface area (TPSA) is 29.5 Å². The molecule has 0 spiro atoms. The number of amides is 1. The first-order valence-corrected chi connectivity index (χ1v) is 8.53. The second-order valence-corrected chi connectivity index (χ2v) is 7.47. The minimum atomic E-state index is -0.442. The Bertz CT molecular complexity index is 510. The molecule has 0 radical (unpaired) electrons. The van der Waals surface area contributed by atoms with Crippen LogP contribution in [0.15, 0.2) is 24.3 Å². The third-order valence-electron chi connectivity index (χ3n) is 3.76. The molecule has 2 rings (SSSR count). The molecule has 3 nitrogen and oxygen atoms in total. The molecule has 1 aromatic carbocycles. The van der Waals surface area contributed by atoms with E-state index in [1.807, 2.05) is 25.7 Å². The molecule has 4 heteroatoms. The van der Waals surface area contributed by atoms with Crippen molar-refractivity contribution >= 4 is 22.0 Å². The summed E-state index contributed by atoms with van der Waals surface area (Å²) in [5.41, 5.74) is 2.13. The molecule has 0 N–H and O–H groups in total. The number of halogens is 1. The van der Waals surface area contributed by atoms with E-state index in [1.165, 1.54) is 11.1 Å². The summed E-state index contributed by atoms with van der Waals surface area (Å²) >= 11 is 3.59. The number of aryl methyl sites for hydroxylation is 1. The second-order valence-electron chi connectivity index (χ2n) is 6.82. The van der Waals surface area contributed by atoms with Crippen LogP contribution in [0.1, 0.15) is 37.8 Å². The van der Waals surface area contributed by atoms with E-state index in [1.54, 1.807) is 0 Å². The number of nitrogens with zero attached hydrogens (tertiary/aromatic N) is 1. The Morgan fingerprint density at radius 2 is 2.10 bits per heavy atom. The average molecular weight is 354 g/mol. The maximum absolute atomic E-state index is 12.3. The third kappa shape index (κ3) is 4.22. The number of ether oxygens (including phenoxy) is 1. The van der Waals surface area contributed by atoms with Gasteiger partial charge in [0.15, 0.2) is 0 Å². The lowest BCUT2D eigenvalue weighted by molar-refractivity contribution is 0.0288. The van der Waals surface area contributed by atoms with Crippen LogP contribution in [0.2, 0.25) is 0 Å². The number of rotatable bonds is 2. The van der Waals surface area contributed by atoms with Gasteiger partial charge < -0.3 is 9.64 Å². The summed E-state index contributed by atoms with van der Waals surface area (Å²) in [6.45, 7) is 9.30. The zero-order chi connectivity index (χ0) is 15.6. The normalized spacial score (nSPS) is 22.4. The fraction of sp³-hybridized carbons (Fsp3) is 0.588. The van der Waals surface area contributed by atoms with Gasteiger partial charge in [0, 0.05) is 24.3 Å².